The molecule has 0 spiro atoms. The highest BCUT2D eigenvalue weighted by Gasteiger charge is 2.34. The predicted molar refractivity (Wildman–Crippen MR) is 69.0 cm³/mol. The summed E-state index contributed by atoms with van der Waals surface area (Å²) in [4.78, 5) is 11.7. The van der Waals surface area contributed by atoms with Crippen LogP contribution in [0.3, 0.4) is 0 Å². The van der Waals surface area contributed by atoms with Gasteiger partial charge in [0, 0.05) is 29.9 Å². The molecule has 1 saturated heterocycles. The summed E-state index contributed by atoms with van der Waals surface area (Å²) in [6.45, 7) is 1.23. The molecule has 92 valence electrons. The number of nitrogens with one attached hydrogen (secondary N) is 1. The van der Waals surface area contributed by atoms with Crippen molar-refractivity contribution >= 4 is 17.5 Å². The largest absolute Gasteiger partial charge is 0.356 e. The number of hydrogen-bond donors (Lipinski definition) is 2. The molecule has 0 aromatic heterocycles. The van der Waals surface area contributed by atoms with Crippen molar-refractivity contribution in [2.24, 2.45) is 5.73 Å². The zero-order valence-corrected chi connectivity index (χ0v) is 10.5. The summed E-state index contributed by atoms with van der Waals surface area (Å²) in [5.74, 6) is 0.0860. The molecule has 17 heavy (non-hydrogen) atoms. The molecule has 1 atom stereocenters. The molecular weight excluding hydrogens is 236 g/mol. The lowest BCUT2D eigenvalue weighted by molar-refractivity contribution is -0.121. The van der Waals surface area contributed by atoms with Gasteiger partial charge in [-0.3, -0.25) is 4.79 Å². The van der Waals surface area contributed by atoms with E-state index in [-0.39, 0.29) is 11.3 Å². The second kappa shape index (κ2) is 5.07. The lowest BCUT2D eigenvalue weighted by Gasteiger charge is -2.30. The molecule has 1 aromatic rings. The van der Waals surface area contributed by atoms with Crippen LogP contribution in [0.5, 0.6) is 0 Å². The Labute approximate surface area is 106 Å². The highest BCUT2D eigenvalue weighted by atomic mass is 35.5. The number of carbonyl (C=O) groups excluding carboxylic acids is 1. The minimum Gasteiger partial charge on any atom is -0.356 e. The molecule has 1 aliphatic heterocycles. The highest BCUT2D eigenvalue weighted by Crippen LogP contribution is 2.34. The smallest absolute Gasteiger partial charge is 0.220 e. The van der Waals surface area contributed by atoms with Crippen LogP contribution in [0.15, 0.2) is 24.3 Å². The number of nitrogens with two attached hydrogens (primary N) is 1. The van der Waals surface area contributed by atoms with E-state index in [0.717, 1.165) is 24.9 Å². The van der Waals surface area contributed by atoms with E-state index in [0.29, 0.717) is 18.0 Å². The van der Waals surface area contributed by atoms with Crippen LogP contribution in [0.2, 0.25) is 5.02 Å². The van der Waals surface area contributed by atoms with Crippen LogP contribution < -0.4 is 11.1 Å². The van der Waals surface area contributed by atoms with Gasteiger partial charge in [-0.1, -0.05) is 23.7 Å². The molecule has 1 unspecified atom stereocenters. The Balaban J connectivity index is 2.34. The fourth-order valence-electron chi connectivity index (χ4n) is 2.45. The zero-order valence-electron chi connectivity index (χ0n) is 9.71. The monoisotopic (exact) mass is 252 g/mol. The fourth-order valence-corrected chi connectivity index (χ4v) is 2.58. The van der Waals surface area contributed by atoms with Crippen molar-refractivity contribution in [3.63, 3.8) is 0 Å². The summed E-state index contributed by atoms with van der Waals surface area (Å²) in [6.07, 6.45) is 2.36. The zero-order chi connectivity index (χ0) is 12.3. The molecule has 2 rings (SSSR count). The van der Waals surface area contributed by atoms with Crippen LogP contribution in [0.25, 0.3) is 0 Å². The van der Waals surface area contributed by atoms with Gasteiger partial charge in [0.15, 0.2) is 0 Å². The molecule has 3 N–H and O–H groups in total. The molecule has 3 nitrogen and oxygen atoms in total. The van der Waals surface area contributed by atoms with E-state index in [2.05, 4.69) is 5.32 Å². The molecule has 0 saturated carbocycles. The summed E-state index contributed by atoms with van der Waals surface area (Å²) >= 11 is 5.89. The van der Waals surface area contributed by atoms with E-state index in [1.165, 1.54) is 0 Å². The van der Waals surface area contributed by atoms with E-state index in [1.54, 1.807) is 0 Å². The molecule has 1 aromatic carbocycles. The average Bonchev–Trinajstić information content (AvgIpc) is 2.52. The fraction of sp³-hybridized carbons (Fsp3) is 0.462. The number of halogens is 1. The number of benzene rings is 1. The lowest BCUT2D eigenvalue weighted by atomic mass is 9.74. The van der Waals surface area contributed by atoms with Crippen molar-refractivity contribution in [1.29, 1.82) is 0 Å². The van der Waals surface area contributed by atoms with Crippen molar-refractivity contribution in [2.45, 2.75) is 24.7 Å². The van der Waals surface area contributed by atoms with Gasteiger partial charge in [-0.15, -0.1) is 0 Å². The third-order valence-corrected chi connectivity index (χ3v) is 3.75. The summed E-state index contributed by atoms with van der Waals surface area (Å²) in [5, 5.41) is 3.60. The topological polar surface area (TPSA) is 55.1 Å². The average molecular weight is 253 g/mol. The number of rotatable bonds is 2. The first-order valence-corrected chi connectivity index (χ1v) is 6.27. The normalized spacial score (nSPS) is 25.2. The Bertz CT molecular complexity index is 404. The second-order valence-electron chi connectivity index (χ2n) is 4.62. The van der Waals surface area contributed by atoms with Gasteiger partial charge in [0.25, 0.3) is 0 Å². The second-order valence-corrected chi connectivity index (χ2v) is 5.06. The molecule has 1 aliphatic rings. The summed E-state index contributed by atoms with van der Waals surface area (Å²) in [6, 6.07) is 7.68. The van der Waals surface area contributed by atoms with E-state index in [9.17, 15) is 4.79 Å². The Kier molecular flexibility index (Phi) is 3.69. The Morgan fingerprint density at radius 3 is 2.71 bits per heavy atom. The third kappa shape index (κ3) is 2.61. The SMILES string of the molecule is NCC1(c2ccc(Cl)cc2)CCCNC(=O)C1. The van der Waals surface area contributed by atoms with E-state index in [4.69, 9.17) is 17.3 Å². The Hall–Kier alpha value is -1.06. The van der Waals surface area contributed by atoms with Gasteiger partial charge in [0.05, 0.1) is 0 Å². The van der Waals surface area contributed by atoms with Gasteiger partial charge in [0.1, 0.15) is 0 Å². The molecule has 0 aliphatic carbocycles. The van der Waals surface area contributed by atoms with Gasteiger partial charge in [-0.2, -0.15) is 0 Å². The van der Waals surface area contributed by atoms with Gasteiger partial charge in [-0.05, 0) is 30.5 Å². The minimum absolute atomic E-state index is 0.0860. The van der Waals surface area contributed by atoms with Crippen LogP contribution in [0.4, 0.5) is 0 Å². The summed E-state index contributed by atoms with van der Waals surface area (Å²) in [7, 11) is 0. The Morgan fingerprint density at radius 1 is 1.35 bits per heavy atom. The summed E-state index contributed by atoms with van der Waals surface area (Å²) in [5.41, 5.74) is 6.81. The maximum atomic E-state index is 11.7. The van der Waals surface area contributed by atoms with Gasteiger partial charge in [0.2, 0.25) is 5.91 Å². The maximum Gasteiger partial charge on any atom is 0.220 e. The van der Waals surface area contributed by atoms with Crippen LogP contribution in [0, 0.1) is 0 Å². The van der Waals surface area contributed by atoms with E-state index < -0.39 is 0 Å². The molecule has 0 radical (unpaired) electrons. The highest BCUT2D eigenvalue weighted by molar-refractivity contribution is 6.30. The predicted octanol–water partition coefficient (Wildman–Crippen LogP) is 1.84. The first-order valence-electron chi connectivity index (χ1n) is 5.89. The summed E-state index contributed by atoms with van der Waals surface area (Å²) < 4.78 is 0. The quantitative estimate of drug-likeness (QED) is 0.844. The number of hydrogen-bond acceptors (Lipinski definition) is 2. The molecule has 1 amide bonds. The van der Waals surface area contributed by atoms with Crippen LogP contribution in [-0.4, -0.2) is 19.0 Å². The van der Waals surface area contributed by atoms with Gasteiger partial charge in [-0.25, -0.2) is 0 Å². The van der Waals surface area contributed by atoms with Crippen LogP contribution in [0.1, 0.15) is 24.8 Å². The first-order chi connectivity index (χ1) is 8.16. The maximum absolute atomic E-state index is 11.7. The number of carbonyl (C=O) groups is 1. The molecule has 4 heteroatoms. The standard InChI is InChI=1S/C13H17ClN2O/c14-11-4-2-10(3-5-11)13(9-15)6-1-7-16-12(17)8-13/h2-5H,1,6-9,15H2,(H,16,17). The van der Waals surface area contributed by atoms with Crippen molar-refractivity contribution in [3.8, 4) is 0 Å². The van der Waals surface area contributed by atoms with Crippen LogP contribution >= 0.6 is 11.6 Å². The molecule has 0 bridgehead atoms. The van der Waals surface area contributed by atoms with E-state index in [1.807, 2.05) is 24.3 Å². The van der Waals surface area contributed by atoms with Crippen molar-refractivity contribution in [3.05, 3.63) is 34.9 Å². The van der Waals surface area contributed by atoms with Gasteiger partial charge < -0.3 is 11.1 Å². The van der Waals surface area contributed by atoms with Crippen LogP contribution in [-0.2, 0) is 10.2 Å². The van der Waals surface area contributed by atoms with Crippen molar-refractivity contribution < 1.29 is 4.79 Å². The molecule has 1 heterocycles. The lowest BCUT2D eigenvalue weighted by Crippen LogP contribution is -2.37. The molecular formula is C13H17ClN2O. The molecule has 1 fully saturated rings. The third-order valence-electron chi connectivity index (χ3n) is 3.50. The Morgan fingerprint density at radius 2 is 2.06 bits per heavy atom. The van der Waals surface area contributed by atoms with E-state index >= 15 is 0 Å². The van der Waals surface area contributed by atoms with Crippen molar-refractivity contribution in [2.75, 3.05) is 13.1 Å². The van der Waals surface area contributed by atoms with Gasteiger partial charge >= 0.3 is 0 Å². The number of amides is 1. The first kappa shape index (κ1) is 12.4. The minimum atomic E-state index is -0.231. The van der Waals surface area contributed by atoms with Crippen molar-refractivity contribution in [1.82, 2.24) is 5.32 Å².